The molecule has 0 spiro atoms. The molecule has 3 rings (SSSR count). The predicted molar refractivity (Wildman–Crippen MR) is 101 cm³/mol. The number of carbonyl (C=O) groups is 1. The van der Waals surface area contributed by atoms with Gasteiger partial charge in [0.15, 0.2) is 5.78 Å². The van der Waals surface area contributed by atoms with Crippen molar-refractivity contribution in [2.75, 3.05) is 0 Å². The van der Waals surface area contributed by atoms with Gasteiger partial charge in [-0.05, 0) is 67.9 Å². The summed E-state index contributed by atoms with van der Waals surface area (Å²) >= 11 is 0. The highest BCUT2D eigenvalue weighted by Gasteiger charge is 2.31. The zero-order valence-corrected chi connectivity index (χ0v) is 15.2. The van der Waals surface area contributed by atoms with E-state index in [1.165, 1.54) is 11.6 Å². The van der Waals surface area contributed by atoms with Crippen LogP contribution in [0.5, 0.6) is 5.75 Å². The van der Waals surface area contributed by atoms with E-state index in [2.05, 4.69) is 0 Å². The number of benzene rings is 2. The number of hydrogen-bond acceptors (Lipinski definition) is 3. The van der Waals surface area contributed by atoms with Crippen molar-refractivity contribution in [3.8, 4) is 16.9 Å². The SMILES string of the molecule is CC(C)Oc1ccc(F)c(-c2ccc(C3CC(CC(=O)C=N)C3)cc2)c1. The molecule has 0 aromatic heterocycles. The minimum Gasteiger partial charge on any atom is -0.491 e. The summed E-state index contributed by atoms with van der Waals surface area (Å²) in [7, 11) is 0. The first-order chi connectivity index (χ1) is 12.5. The summed E-state index contributed by atoms with van der Waals surface area (Å²) in [6, 6.07) is 12.8. The Morgan fingerprint density at radius 2 is 1.92 bits per heavy atom. The third-order valence-corrected chi connectivity index (χ3v) is 4.89. The Hall–Kier alpha value is -2.49. The zero-order chi connectivity index (χ0) is 18.7. The van der Waals surface area contributed by atoms with Crippen molar-refractivity contribution in [2.24, 2.45) is 5.92 Å². The summed E-state index contributed by atoms with van der Waals surface area (Å²) in [4.78, 5) is 11.3. The number of Topliss-reactive ketones (excluding diaryl/α,β-unsaturated/α-hetero) is 1. The zero-order valence-electron chi connectivity index (χ0n) is 15.2. The third-order valence-electron chi connectivity index (χ3n) is 4.89. The molecule has 2 aromatic rings. The van der Waals surface area contributed by atoms with Gasteiger partial charge in [-0.3, -0.25) is 4.79 Å². The van der Waals surface area contributed by atoms with Crippen molar-refractivity contribution in [3.63, 3.8) is 0 Å². The Morgan fingerprint density at radius 3 is 2.54 bits per heavy atom. The van der Waals surface area contributed by atoms with E-state index in [9.17, 15) is 9.18 Å². The Bertz CT molecular complexity index is 792. The molecule has 0 atom stereocenters. The number of ketones is 1. The van der Waals surface area contributed by atoms with E-state index in [1.54, 1.807) is 12.1 Å². The fourth-order valence-electron chi connectivity index (χ4n) is 3.52. The fourth-order valence-corrected chi connectivity index (χ4v) is 3.52. The Kier molecular flexibility index (Phi) is 5.50. The molecule has 4 heteroatoms. The lowest BCUT2D eigenvalue weighted by Crippen LogP contribution is -2.24. The molecular weight excluding hydrogens is 329 g/mol. The Labute approximate surface area is 153 Å². The van der Waals surface area contributed by atoms with Crippen LogP contribution in [0.2, 0.25) is 0 Å². The molecule has 0 amide bonds. The first-order valence-corrected chi connectivity index (χ1v) is 9.06. The van der Waals surface area contributed by atoms with E-state index in [1.807, 2.05) is 38.1 Å². The number of rotatable bonds is 7. The maximum absolute atomic E-state index is 14.2. The van der Waals surface area contributed by atoms with Crippen molar-refractivity contribution in [3.05, 3.63) is 53.8 Å². The molecule has 26 heavy (non-hydrogen) atoms. The van der Waals surface area contributed by atoms with E-state index in [-0.39, 0.29) is 17.7 Å². The maximum Gasteiger partial charge on any atom is 0.173 e. The van der Waals surface area contributed by atoms with Crippen LogP contribution < -0.4 is 4.74 Å². The summed E-state index contributed by atoms with van der Waals surface area (Å²) in [5, 5.41) is 6.98. The first kappa shape index (κ1) is 18.3. The van der Waals surface area contributed by atoms with E-state index >= 15 is 0 Å². The van der Waals surface area contributed by atoms with Crippen LogP contribution in [0.25, 0.3) is 11.1 Å². The van der Waals surface area contributed by atoms with Crippen LogP contribution in [-0.2, 0) is 4.79 Å². The van der Waals surface area contributed by atoms with Gasteiger partial charge in [-0.1, -0.05) is 24.3 Å². The van der Waals surface area contributed by atoms with Crippen LogP contribution in [0.4, 0.5) is 4.39 Å². The van der Waals surface area contributed by atoms with Crippen LogP contribution in [0.1, 0.15) is 44.6 Å². The van der Waals surface area contributed by atoms with Gasteiger partial charge >= 0.3 is 0 Å². The molecular formula is C22H24FNO2. The summed E-state index contributed by atoms with van der Waals surface area (Å²) in [5.74, 6) is 1.15. The number of ether oxygens (including phenoxy) is 1. The number of halogens is 1. The first-order valence-electron chi connectivity index (χ1n) is 9.06. The van der Waals surface area contributed by atoms with Gasteiger partial charge in [0.2, 0.25) is 0 Å². The molecule has 0 unspecified atom stereocenters. The second-order valence-electron chi connectivity index (χ2n) is 7.28. The van der Waals surface area contributed by atoms with Crippen molar-refractivity contribution in [2.45, 2.75) is 45.1 Å². The molecule has 0 heterocycles. The molecule has 1 aliphatic carbocycles. The lowest BCUT2D eigenvalue weighted by molar-refractivity contribution is -0.114. The number of carbonyl (C=O) groups excluding carboxylic acids is 1. The van der Waals surface area contributed by atoms with Crippen LogP contribution >= 0.6 is 0 Å². The number of nitrogens with one attached hydrogen (secondary N) is 1. The topological polar surface area (TPSA) is 50.2 Å². The van der Waals surface area contributed by atoms with Crippen molar-refractivity contribution in [1.29, 1.82) is 5.41 Å². The second kappa shape index (κ2) is 7.81. The highest BCUT2D eigenvalue weighted by molar-refractivity contribution is 6.26. The van der Waals surface area contributed by atoms with Crippen molar-refractivity contribution < 1.29 is 13.9 Å². The molecule has 1 saturated carbocycles. The van der Waals surface area contributed by atoms with Gasteiger partial charge in [-0.2, -0.15) is 0 Å². The van der Waals surface area contributed by atoms with Gasteiger partial charge < -0.3 is 10.1 Å². The third kappa shape index (κ3) is 4.18. The summed E-state index contributed by atoms with van der Waals surface area (Å²) in [6.45, 7) is 3.89. The summed E-state index contributed by atoms with van der Waals surface area (Å²) in [5.41, 5.74) is 2.59. The predicted octanol–water partition coefficient (Wildman–Crippen LogP) is 5.38. The molecule has 0 aliphatic heterocycles. The van der Waals surface area contributed by atoms with Gasteiger partial charge in [-0.15, -0.1) is 0 Å². The number of hydrogen-bond donors (Lipinski definition) is 1. The lowest BCUT2D eigenvalue weighted by Gasteiger charge is -2.35. The molecule has 1 fully saturated rings. The smallest absolute Gasteiger partial charge is 0.173 e. The highest BCUT2D eigenvalue weighted by atomic mass is 19.1. The fraction of sp³-hybridized carbons (Fsp3) is 0.364. The van der Waals surface area contributed by atoms with Gasteiger partial charge in [0.1, 0.15) is 11.6 Å². The van der Waals surface area contributed by atoms with E-state index in [4.69, 9.17) is 10.1 Å². The minimum absolute atomic E-state index is 0.0433. The average Bonchev–Trinajstić information content (AvgIpc) is 2.59. The standard InChI is InChI=1S/C22H24FNO2/c1-14(2)26-20-7-8-22(23)21(12-20)17-5-3-16(4-6-17)18-9-15(10-18)11-19(25)13-24/h3-8,12-15,18,24H,9-11H2,1-2H3. The molecule has 136 valence electrons. The van der Waals surface area contributed by atoms with E-state index in [0.29, 0.717) is 29.6 Å². The Morgan fingerprint density at radius 1 is 1.23 bits per heavy atom. The quantitative estimate of drug-likeness (QED) is 0.679. The van der Waals surface area contributed by atoms with Gasteiger partial charge in [0.25, 0.3) is 0 Å². The van der Waals surface area contributed by atoms with Gasteiger partial charge in [0, 0.05) is 12.0 Å². The van der Waals surface area contributed by atoms with Crippen molar-refractivity contribution >= 4 is 12.0 Å². The summed E-state index contributed by atoms with van der Waals surface area (Å²) in [6.07, 6.45) is 3.39. The molecule has 1 N–H and O–H groups in total. The largest absolute Gasteiger partial charge is 0.491 e. The molecule has 2 aromatic carbocycles. The molecule has 0 saturated heterocycles. The van der Waals surface area contributed by atoms with Crippen LogP contribution in [-0.4, -0.2) is 18.1 Å². The minimum atomic E-state index is -0.261. The lowest BCUT2D eigenvalue weighted by atomic mass is 9.69. The summed E-state index contributed by atoms with van der Waals surface area (Å²) < 4.78 is 19.9. The molecule has 3 nitrogen and oxygen atoms in total. The highest BCUT2D eigenvalue weighted by Crippen LogP contribution is 2.43. The van der Waals surface area contributed by atoms with Gasteiger partial charge in [0.05, 0.1) is 12.3 Å². The normalized spacial score (nSPS) is 19.1. The van der Waals surface area contributed by atoms with Crippen molar-refractivity contribution in [1.82, 2.24) is 0 Å². The Balaban J connectivity index is 1.69. The van der Waals surface area contributed by atoms with Crippen LogP contribution in [0.15, 0.2) is 42.5 Å². The monoisotopic (exact) mass is 353 g/mol. The van der Waals surface area contributed by atoms with Crippen LogP contribution in [0, 0.1) is 17.1 Å². The van der Waals surface area contributed by atoms with Gasteiger partial charge in [-0.25, -0.2) is 4.39 Å². The van der Waals surface area contributed by atoms with Crippen LogP contribution in [0.3, 0.4) is 0 Å². The van der Waals surface area contributed by atoms with E-state index < -0.39 is 0 Å². The molecule has 0 radical (unpaired) electrons. The van der Waals surface area contributed by atoms with E-state index in [0.717, 1.165) is 24.6 Å². The molecule has 0 bridgehead atoms. The molecule has 1 aliphatic rings. The second-order valence-corrected chi connectivity index (χ2v) is 7.28. The maximum atomic E-state index is 14.2. The average molecular weight is 353 g/mol.